The van der Waals surface area contributed by atoms with Crippen molar-refractivity contribution in [1.82, 2.24) is 0 Å². The molecule has 7 heteroatoms. The highest BCUT2D eigenvalue weighted by atomic mass is 16.6. The third kappa shape index (κ3) is 2.37. The fourth-order valence-electron chi connectivity index (χ4n) is 3.31. The molecule has 7 nitrogen and oxygen atoms in total. The van der Waals surface area contributed by atoms with Gasteiger partial charge in [-0.25, -0.2) is 4.79 Å². The Labute approximate surface area is 141 Å². The molecule has 1 atom stereocenters. The minimum absolute atomic E-state index is 0.0546. The van der Waals surface area contributed by atoms with Crippen LogP contribution in [0, 0.1) is 10.1 Å². The van der Waals surface area contributed by atoms with E-state index in [0.29, 0.717) is 22.2 Å². The highest BCUT2D eigenvalue weighted by Gasteiger charge is 2.35. The summed E-state index contributed by atoms with van der Waals surface area (Å²) in [4.78, 5) is 35.6. The summed E-state index contributed by atoms with van der Waals surface area (Å²) >= 11 is 0. The number of nitrogens with one attached hydrogen (secondary N) is 1. The first-order valence-electron chi connectivity index (χ1n) is 7.65. The molecule has 3 aromatic rings. The van der Waals surface area contributed by atoms with Gasteiger partial charge in [-0.3, -0.25) is 14.9 Å². The molecule has 1 aliphatic heterocycles. The predicted molar refractivity (Wildman–Crippen MR) is 90.7 cm³/mol. The van der Waals surface area contributed by atoms with E-state index in [1.807, 2.05) is 0 Å². The number of rotatable bonds is 2. The zero-order chi connectivity index (χ0) is 17.6. The van der Waals surface area contributed by atoms with Crippen LogP contribution in [0.1, 0.15) is 23.5 Å². The summed E-state index contributed by atoms with van der Waals surface area (Å²) in [5.74, 6) is -1.03. The summed E-state index contributed by atoms with van der Waals surface area (Å²) in [5.41, 5.74) is 0.567. The van der Waals surface area contributed by atoms with Crippen LogP contribution in [0.3, 0.4) is 0 Å². The van der Waals surface area contributed by atoms with Crippen LogP contribution in [-0.4, -0.2) is 10.8 Å². The van der Waals surface area contributed by atoms with E-state index in [2.05, 4.69) is 5.32 Å². The molecule has 0 fully saturated rings. The number of carbonyl (C=O) groups excluding carboxylic acids is 1. The number of anilines is 1. The monoisotopic (exact) mass is 336 g/mol. The molecule has 0 aliphatic carbocycles. The number of nitro groups is 1. The fourth-order valence-corrected chi connectivity index (χ4v) is 3.31. The Bertz CT molecular complexity index is 1090. The van der Waals surface area contributed by atoms with Crippen molar-refractivity contribution >= 4 is 28.3 Å². The second kappa shape index (κ2) is 5.55. The summed E-state index contributed by atoms with van der Waals surface area (Å²) < 4.78 is 5.37. The van der Waals surface area contributed by atoms with Crippen molar-refractivity contribution in [2.75, 3.05) is 5.32 Å². The standard InChI is InChI=1S/C18H12N2O5/c21-15-9-12(10-5-1-3-7-13(10)20(23)24)16-17(19-15)11-6-2-4-8-14(11)25-18(16)22/h1-8,12H,9H2,(H,19,21). The first-order valence-corrected chi connectivity index (χ1v) is 7.65. The summed E-state index contributed by atoms with van der Waals surface area (Å²) in [6.45, 7) is 0. The summed E-state index contributed by atoms with van der Waals surface area (Å²) in [7, 11) is 0. The lowest BCUT2D eigenvalue weighted by molar-refractivity contribution is -0.385. The first kappa shape index (κ1) is 15.1. The number of amides is 1. The van der Waals surface area contributed by atoms with Crippen molar-refractivity contribution in [1.29, 1.82) is 0 Å². The lowest BCUT2D eigenvalue weighted by Crippen LogP contribution is -2.29. The van der Waals surface area contributed by atoms with Crippen LogP contribution in [0.4, 0.5) is 11.4 Å². The van der Waals surface area contributed by atoms with Crippen molar-refractivity contribution in [2.45, 2.75) is 12.3 Å². The van der Waals surface area contributed by atoms with Crippen LogP contribution < -0.4 is 10.9 Å². The summed E-state index contributed by atoms with van der Waals surface area (Å²) in [6, 6.07) is 13.0. The Kier molecular flexibility index (Phi) is 3.35. The number of benzene rings is 2. The third-order valence-electron chi connectivity index (χ3n) is 4.36. The molecule has 1 aliphatic rings. The van der Waals surface area contributed by atoms with E-state index in [-0.39, 0.29) is 23.6 Å². The van der Waals surface area contributed by atoms with Crippen LogP contribution in [0.15, 0.2) is 57.7 Å². The van der Waals surface area contributed by atoms with Crippen LogP contribution in [0.25, 0.3) is 11.0 Å². The zero-order valence-corrected chi connectivity index (χ0v) is 12.9. The quantitative estimate of drug-likeness (QED) is 0.440. The molecule has 1 N–H and O–H groups in total. The highest BCUT2D eigenvalue weighted by Crippen LogP contribution is 2.41. The van der Waals surface area contributed by atoms with Gasteiger partial charge in [0.2, 0.25) is 5.91 Å². The predicted octanol–water partition coefficient (Wildman–Crippen LogP) is 3.18. The van der Waals surface area contributed by atoms with Crippen LogP contribution >= 0.6 is 0 Å². The van der Waals surface area contributed by atoms with Crippen molar-refractivity contribution in [3.05, 3.63) is 80.2 Å². The molecule has 2 heterocycles. The fraction of sp³-hybridized carbons (Fsp3) is 0.111. The van der Waals surface area contributed by atoms with E-state index < -0.39 is 16.5 Å². The Morgan fingerprint density at radius 3 is 2.60 bits per heavy atom. The molecule has 0 radical (unpaired) electrons. The van der Waals surface area contributed by atoms with Crippen molar-refractivity contribution in [2.24, 2.45) is 0 Å². The van der Waals surface area contributed by atoms with E-state index >= 15 is 0 Å². The molecule has 1 aromatic heterocycles. The number of hydrogen-bond donors (Lipinski definition) is 1. The highest BCUT2D eigenvalue weighted by molar-refractivity contribution is 6.04. The summed E-state index contributed by atoms with van der Waals surface area (Å²) in [6.07, 6.45) is -0.0546. The van der Waals surface area contributed by atoms with Gasteiger partial charge in [-0.2, -0.15) is 0 Å². The lowest BCUT2D eigenvalue weighted by atomic mass is 9.84. The number of carbonyl (C=O) groups is 1. The normalized spacial score (nSPS) is 16.3. The molecule has 0 bridgehead atoms. The molecule has 4 rings (SSSR count). The first-order chi connectivity index (χ1) is 12.1. The van der Waals surface area contributed by atoms with Gasteiger partial charge in [0.25, 0.3) is 5.69 Å². The molecule has 1 unspecified atom stereocenters. The van der Waals surface area contributed by atoms with E-state index in [4.69, 9.17) is 4.42 Å². The molecule has 1 amide bonds. The Morgan fingerprint density at radius 2 is 1.80 bits per heavy atom. The Morgan fingerprint density at radius 1 is 1.08 bits per heavy atom. The molecule has 2 aromatic carbocycles. The molecule has 0 saturated heterocycles. The third-order valence-corrected chi connectivity index (χ3v) is 4.36. The van der Waals surface area contributed by atoms with E-state index in [0.717, 1.165) is 0 Å². The molecule has 0 saturated carbocycles. The van der Waals surface area contributed by atoms with Crippen LogP contribution in [-0.2, 0) is 4.79 Å². The van der Waals surface area contributed by atoms with E-state index in [9.17, 15) is 19.7 Å². The number of para-hydroxylation sites is 2. The van der Waals surface area contributed by atoms with Crippen LogP contribution in [0.5, 0.6) is 0 Å². The van der Waals surface area contributed by atoms with Crippen molar-refractivity contribution < 1.29 is 14.1 Å². The molecule has 124 valence electrons. The maximum Gasteiger partial charge on any atom is 0.342 e. The van der Waals surface area contributed by atoms with Gasteiger partial charge >= 0.3 is 5.63 Å². The molecule has 0 spiro atoms. The second-order valence-electron chi connectivity index (χ2n) is 5.80. The number of nitrogens with zero attached hydrogens (tertiary/aromatic N) is 1. The Hall–Kier alpha value is -3.48. The van der Waals surface area contributed by atoms with Crippen molar-refractivity contribution in [3.63, 3.8) is 0 Å². The zero-order valence-electron chi connectivity index (χ0n) is 12.9. The largest absolute Gasteiger partial charge is 0.422 e. The average Bonchev–Trinajstić information content (AvgIpc) is 2.61. The van der Waals surface area contributed by atoms with Crippen molar-refractivity contribution in [3.8, 4) is 0 Å². The number of nitro benzene ring substituents is 1. The van der Waals surface area contributed by atoms with Gasteiger partial charge in [-0.15, -0.1) is 0 Å². The van der Waals surface area contributed by atoms with Gasteiger partial charge in [0.1, 0.15) is 5.58 Å². The lowest BCUT2D eigenvalue weighted by Gasteiger charge is -2.25. The van der Waals surface area contributed by atoms with E-state index in [1.165, 1.54) is 6.07 Å². The van der Waals surface area contributed by atoms with Gasteiger partial charge in [0.15, 0.2) is 0 Å². The SMILES string of the molecule is O=C1CC(c2ccccc2[N+](=O)[O-])c2c(c3ccccc3oc2=O)N1. The van der Waals surface area contributed by atoms with Crippen LogP contribution in [0.2, 0.25) is 0 Å². The molecule has 25 heavy (non-hydrogen) atoms. The molecular weight excluding hydrogens is 324 g/mol. The number of fused-ring (bicyclic) bond motifs is 3. The minimum atomic E-state index is -0.730. The average molecular weight is 336 g/mol. The minimum Gasteiger partial charge on any atom is -0.422 e. The Balaban J connectivity index is 2.04. The summed E-state index contributed by atoms with van der Waals surface area (Å²) in [5, 5.41) is 14.7. The topological polar surface area (TPSA) is 102 Å². The smallest absolute Gasteiger partial charge is 0.342 e. The van der Waals surface area contributed by atoms with Gasteiger partial charge in [-0.05, 0) is 12.1 Å². The van der Waals surface area contributed by atoms with Gasteiger partial charge in [0.05, 0.1) is 16.2 Å². The molecular formula is C18H12N2O5. The second-order valence-corrected chi connectivity index (χ2v) is 5.80. The van der Waals surface area contributed by atoms with Gasteiger partial charge in [0, 0.05) is 29.4 Å². The maximum absolute atomic E-state index is 12.6. The number of hydrogen-bond acceptors (Lipinski definition) is 5. The van der Waals surface area contributed by atoms with E-state index in [1.54, 1.807) is 42.5 Å². The maximum atomic E-state index is 12.6. The van der Waals surface area contributed by atoms with Gasteiger partial charge in [-0.1, -0.05) is 30.3 Å². The van der Waals surface area contributed by atoms with Gasteiger partial charge < -0.3 is 9.73 Å².